The number of carbonyl (C=O) groups is 4. The van der Waals surface area contributed by atoms with Gasteiger partial charge in [-0.25, -0.2) is 4.79 Å². The summed E-state index contributed by atoms with van der Waals surface area (Å²) in [6, 6.07) is -1.16. The number of Topliss-reactive ketones (excluding diaryl/α,β-unsaturated/α-hetero) is 2. The van der Waals surface area contributed by atoms with Crippen LogP contribution in [0.15, 0.2) is 36.0 Å². The van der Waals surface area contributed by atoms with Crippen LogP contribution in [0, 0.1) is 29.6 Å². The molecule has 0 aromatic rings. The highest BCUT2D eigenvalue weighted by molar-refractivity contribution is 6.39. The van der Waals surface area contributed by atoms with E-state index in [-0.39, 0.29) is 49.5 Å². The van der Waals surface area contributed by atoms with Gasteiger partial charge in [-0.3, -0.25) is 14.4 Å². The van der Waals surface area contributed by atoms with Crippen molar-refractivity contribution in [3.63, 3.8) is 0 Å². The lowest BCUT2D eigenvalue weighted by molar-refractivity contribution is -0.225. The summed E-state index contributed by atoms with van der Waals surface area (Å²) >= 11 is 0. The number of aliphatic hydroxyl groups is 4. The number of cyclic esters (lactones) is 1. The minimum absolute atomic E-state index is 0.0115. The molecular weight excluding hydrogens is 722 g/mol. The van der Waals surface area contributed by atoms with Crippen LogP contribution in [0.25, 0.3) is 0 Å². The molecule has 1 saturated carbocycles. The number of fused-ring (bicyclic) bond motifs is 3. The number of nitrogens with zero attached hydrogens (tertiary/aromatic N) is 1. The molecule has 0 aromatic carbocycles. The van der Waals surface area contributed by atoms with Crippen molar-refractivity contribution in [3.05, 3.63) is 36.0 Å². The highest BCUT2D eigenvalue weighted by Crippen LogP contribution is 2.39. The normalized spacial score (nSPS) is 41.5. The molecule has 4 aliphatic rings. The third-order valence-electron chi connectivity index (χ3n) is 12.6. The van der Waals surface area contributed by atoms with E-state index in [1.165, 1.54) is 7.11 Å². The Morgan fingerprint density at radius 1 is 0.964 bits per heavy atom. The zero-order valence-corrected chi connectivity index (χ0v) is 34.4. The van der Waals surface area contributed by atoms with Crippen molar-refractivity contribution in [3.8, 4) is 0 Å². The monoisotopic (exact) mass is 789 g/mol. The molecule has 2 bridgehead atoms. The second-order valence-electron chi connectivity index (χ2n) is 17.1. The van der Waals surface area contributed by atoms with Crippen LogP contribution in [0.3, 0.4) is 0 Å². The number of piperidine rings is 1. The van der Waals surface area contributed by atoms with Gasteiger partial charge in [-0.2, -0.15) is 0 Å². The van der Waals surface area contributed by atoms with E-state index in [1.54, 1.807) is 34.0 Å². The molecule has 4 rings (SSSR count). The number of aliphatic hydroxyl groups excluding tert-OH is 3. The Kier molecular flexibility index (Phi) is 16.6. The summed E-state index contributed by atoms with van der Waals surface area (Å²) in [6.07, 6.45) is 3.66. The third kappa shape index (κ3) is 10.8. The zero-order valence-electron chi connectivity index (χ0n) is 34.4. The lowest BCUT2D eigenvalue weighted by Crippen LogP contribution is -2.57. The lowest BCUT2D eigenvalue weighted by Gasteiger charge is -2.38. The van der Waals surface area contributed by atoms with Crippen molar-refractivity contribution in [2.75, 3.05) is 20.8 Å². The molecule has 316 valence electrons. The smallest absolute Gasteiger partial charge is 0.329 e. The molecule has 13 nitrogen and oxygen atoms in total. The van der Waals surface area contributed by atoms with E-state index in [0.717, 1.165) is 10.5 Å². The number of methoxy groups -OCH3 is 2. The second kappa shape index (κ2) is 20.3. The molecular formula is C43H67NO12. The highest BCUT2D eigenvalue weighted by atomic mass is 16.7. The van der Waals surface area contributed by atoms with Crippen molar-refractivity contribution in [2.24, 2.45) is 29.6 Å². The number of esters is 1. The fourth-order valence-corrected chi connectivity index (χ4v) is 9.20. The van der Waals surface area contributed by atoms with Gasteiger partial charge in [0.25, 0.3) is 11.7 Å². The van der Waals surface area contributed by atoms with Crippen LogP contribution >= 0.6 is 0 Å². The number of ether oxygens (including phenoxy) is 4. The minimum Gasteiger partial charge on any atom is -0.456 e. The van der Waals surface area contributed by atoms with E-state index in [1.807, 2.05) is 26.0 Å². The highest BCUT2D eigenvalue weighted by Gasteiger charge is 2.57. The van der Waals surface area contributed by atoms with Crippen LogP contribution in [0.2, 0.25) is 0 Å². The van der Waals surface area contributed by atoms with Crippen LogP contribution in [0.1, 0.15) is 105 Å². The van der Waals surface area contributed by atoms with Crippen LogP contribution in [0.5, 0.6) is 0 Å². The third-order valence-corrected chi connectivity index (χ3v) is 12.6. The van der Waals surface area contributed by atoms with E-state index < -0.39 is 83.9 Å². The molecule has 56 heavy (non-hydrogen) atoms. The first-order chi connectivity index (χ1) is 26.4. The Bertz CT molecular complexity index is 1460. The van der Waals surface area contributed by atoms with Crippen molar-refractivity contribution in [2.45, 2.75) is 160 Å². The van der Waals surface area contributed by atoms with Gasteiger partial charge in [-0.05, 0) is 95.5 Å². The maximum Gasteiger partial charge on any atom is 0.329 e. The molecule has 3 aliphatic heterocycles. The second-order valence-corrected chi connectivity index (χ2v) is 17.1. The van der Waals surface area contributed by atoms with E-state index in [9.17, 15) is 39.6 Å². The Balaban J connectivity index is 1.74. The van der Waals surface area contributed by atoms with Crippen molar-refractivity contribution >= 4 is 23.4 Å². The molecule has 0 aromatic heterocycles. The van der Waals surface area contributed by atoms with Crippen LogP contribution < -0.4 is 0 Å². The average Bonchev–Trinajstić information content (AvgIpc) is 3.48. The Labute approximate surface area is 332 Å². The van der Waals surface area contributed by atoms with Crippen molar-refractivity contribution < 1.29 is 58.6 Å². The molecule has 0 radical (unpaired) electrons. The van der Waals surface area contributed by atoms with Gasteiger partial charge in [0.2, 0.25) is 5.79 Å². The largest absolute Gasteiger partial charge is 0.456 e. The summed E-state index contributed by atoms with van der Waals surface area (Å²) in [6.45, 7) is 12.9. The number of ketones is 2. The van der Waals surface area contributed by atoms with Crippen LogP contribution in [-0.2, 0) is 38.1 Å². The van der Waals surface area contributed by atoms with Gasteiger partial charge in [0.1, 0.15) is 24.0 Å². The molecule has 1 aliphatic carbocycles. The van der Waals surface area contributed by atoms with Crippen molar-refractivity contribution in [1.29, 1.82) is 0 Å². The maximum absolute atomic E-state index is 14.2. The Morgan fingerprint density at radius 2 is 1.66 bits per heavy atom. The van der Waals surface area contributed by atoms with Gasteiger partial charge in [0.05, 0.1) is 30.5 Å². The molecule has 14 atom stereocenters. The topological polar surface area (TPSA) is 189 Å². The summed E-state index contributed by atoms with van der Waals surface area (Å²) in [5.41, 5.74) is 1.58. The van der Waals surface area contributed by atoms with E-state index in [0.29, 0.717) is 56.9 Å². The quantitative estimate of drug-likeness (QED) is 0.172. The number of rotatable bonds is 6. The minimum atomic E-state index is -2.53. The van der Waals surface area contributed by atoms with Gasteiger partial charge < -0.3 is 44.3 Å². The van der Waals surface area contributed by atoms with Gasteiger partial charge in [0, 0.05) is 44.9 Å². The first-order valence-electron chi connectivity index (χ1n) is 20.5. The van der Waals surface area contributed by atoms with Crippen LogP contribution in [0.4, 0.5) is 0 Å². The van der Waals surface area contributed by atoms with Gasteiger partial charge >= 0.3 is 5.97 Å². The van der Waals surface area contributed by atoms with Crippen molar-refractivity contribution in [1.82, 2.24) is 4.90 Å². The van der Waals surface area contributed by atoms with Crippen LogP contribution in [-0.4, -0.2) is 124 Å². The predicted octanol–water partition coefficient (Wildman–Crippen LogP) is 3.98. The number of hydrogen-bond acceptors (Lipinski definition) is 12. The summed E-state index contributed by atoms with van der Waals surface area (Å²) in [5, 5.41) is 45.1. The van der Waals surface area contributed by atoms with E-state index in [4.69, 9.17) is 18.9 Å². The molecule has 2 saturated heterocycles. The molecule has 3 heterocycles. The summed E-state index contributed by atoms with van der Waals surface area (Å²) in [5.74, 6) is -7.99. The number of carbonyl (C=O) groups excluding carboxylic acids is 4. The molecule has 1 amide bonds. The Hall–Kier alpha value is -2.78. The average molecular weight is 790 g/mol. The number of amides is 1. The van der Waals surface area contributed by atoms with Gasteiger partial charge in [-0.1, -0.05) is 44.6 Å². The summed E-state index contributed by atoms with van der Waals surface area (Å²) < 4.78 is 23.3. The standard InChI is InChI=1S/C43H67NO12/c1-9-12-30-18-24(2)17-25(3)19-36(54-8)38(48)37-21-27(5)43(52,56-37)40(49)41(50)44-16-11-10-13-31(44)42(51)55-39(28(6)33(46)23-34(30)47)26(4)20-29-14-15-32(45)35(22-29)53-7/h9,18,20,25,27-33,35-39,45-46,48,52H,1,10-17,19,21-23H2,2-8H3/b24-18+,26-20+/t25-,27+,28+,29-,30?,31+,32+,33-,35+,36?,37+,38+,39?,43?/m0/s1. The van der Waals surface area contributed by atoms with E-state index >= 15 is 0 Å². The van der Waals surface area contributed by atoms with Gasteiger partial charge in [-0.15, -0.1) is 6.58 Å². The van der Waals surface area contributed by atoms with Gasteiger partial charge in [0.15, 0.2) is 0 Å². The fraction of sp³-hybridized carbons (Fsp3) is 0.767. The first-order valence-corrected chi connectivity index (χ1v) is 20.5. The molecule has 13 heteroatoms. The molecule has 3 fully saturated rings. The number of hydrogen-bond donors (Lipinski definition) is 4. The van der Waals surface area contributed by atoms with E-state index in [2.05, 4.69) is 6.58 Å². The molecule has 4 N–H and O–H groups in total. The summed E-state index contributed by atoms with van der Waals surface area (Å²) in [7, 11) is 3.02. The Morgan fingerprint density at radius 3 is 2.32 bits per heavy atom. The molecule has 4 unspecified atom stereocenters. The maximum atomic E-state index is 14.2. The number of allylic oxidation sites excluding steroid dienone is 4. The SMILES string of the molecule is C=CCC1/C=C(\C)C[C@H](C)CC(OC)[C@@H](O)[C@H]2C[C@@H](C)C(O)(O2)C(=O)C(=O)N2CCCC[C@@H]2C(=O)OC(/C(C)=C/[C@@H]2CC[C@@H](O)[C@H](OC)C2)[C@H](C)[C@@H](O)CC1=O. The first kappa shape index (κ1) is 45.9. The molecule has 0 spiro atoms. The summed E-state index contributed by atoms with van der Waals surface area (Å²) in [4.78, 5) is 57.1. The zero-order chi connectivity index (χ0) is 41.5. The predicted molar refractivity (Wildman–Crippen MR) is 208 cm³/mol. The fourth-order valence-electron chi connectivity index (χ4n) is 9.20. The lowest BCUT2D eigenvalue weighted by atomic mass is 9.81.